The Balaban J connectivity index is 1.14. The van der Waals surface area contributed by atoms with E-state index in [1.54, 1.807) is 7.05 Å². The maximum Gasteiger partial charge on any atom is 0.350 e. The Morgan fingerprint density at radius 3 is 2.65 bits per heavy atom. The van der Waals surface area contributed by atoms with Crippen molar-refractivity contribution in [2.24, 2.45) is 63.3 Å². The Bertz CT molecular complexity index is 1760. The van der Waals surface area contributed by atoms with Crippen molar-refractivity contribution < 1.29 is 23.9 Å². The van der Waals surface area contributed by atoms with E-state index in [1.807, 2.05) is 13.1 Å². The molecule has 14 nitrogen and oxygen atoms in total. The first kappa shape index (κ1) is 48.0. The SMILES string of the molecule is CCNC1C=C2C=CCCC2CC1COC(=O)C12OC1(CC=C(C)CC(NC(N)=NC)C1CCNC(NCNC)C1)C(=O)C1CCCC(CC(C)(C)CC3CCC(N)NC3)C1C2=O. The van der Waals surface area contributed by atoms with Crippen molar-refractivity contribution in [1.82, 2.24) is 31.9 Å². The van der Waals surface area contributed by atoms with Gasteiger partial charge in [0.25, 0.3) is 5.60 Å². The topological polar surface area (TPSA) is 210 Å². The molecule has 13 atom stereocenters. The predicted octanol–water partition coefficient (Wildman–Crippen LogP) is 3.92. The molecule has 10 N–H and O–H groups in total. The first-order chi connectivity index (χ1) is 30.2. The molecule has 4 aliphatic carbocycles. The van der Waals surface area contributed by atoms with Gasteiger partial charge in [-0.2, -0.15) is 0 Å². The number of aliphatic imine (C=N–C) groups is 1. The fourth-order valence-electron chi connectivity index (χ4n) is 12.8. The zero-order valence-electron chi connectivity index (χ0n) is 39.2. The number of hydrogen-bond acceptors (Lipinski definition) is 12. The number of allylic oxidation sites excluding steroid dienone is 3. The zero-order valence-corrected chi connectivity index (χ0v) is 39.2. The summed E-state index contributed by atoms with van der Waals surface area (Å²) in [7, 11) is 3.60. The first-order valence-corrected chi connectivity index (χ1v) is 24.6. The van der Waals surface area contributed by atoms with Crippen LogP contribution in [0.25, 0.3) is 0 Å². The summed E-state index contributed by atoms with van der Waals surface area (Å²) in [5, 5.41) is 20.8. The lowest BCUT2D eigenvalue weighted by Crippen LogP contribution is -2.60. The van der Waals surface area contributed by atoms with Crippen LogP contribution in [0.4, 0.5) is 0 Å². The van der Waals surface area contributed by atoms with Crippen LogP contribution in [0.3, 0.4) is 0 Å². The molecule has 352 valence electrons. The number of nitrogens with zero attached hydrogens (tertiary/aromatic N) is 1. The van der Waals surface area contributed by atoms with E-state index in [1.165, 1.54) is 5.57 Å². The van der Waals surface area contributed by atoms with Gasteiger partial charge in [0.2, 0.25) is 0 Å². The number of carbonyl (C=O) groups is 3. The molecule has 0 aromatic rings. The number of piperidine rings is 2. The van der Waals surface area contributed by atoms with E-state index in [0.717, 1.165) is 95.8 Å². The number of carbonyl (C=O) groups excluding carboxylic acids is 3. The van der Waals surface area contributed by atoms with Gasteiger partial charge in [0, 0.05) is 50.0 Å². The van der Waals surface area contributed by atoms with Crippen LogP contribution in [0.5, 0.6) is 0 Å². The summed E-state index contributed by atoms with van der Waals surface area (Å²) in [6.07, 6.45) is 20.9. The summed E-state index contributed by atoms with van der Waals surface area (Å²) < 4.78 is 12.9. The minimum absolute atomic E-state index is 0.00989. The number of likely N-dealkylation sites (N-methyl/N-ethyl adjacent to an activating group) is 1. The predicted molar refractivity (Wildman–Crippen MR) is 248 cm³/mol. The standard InChI is InChI=1S/C49H81N9O5/c1-7-54-38-23-33-12-9-8-11-32(33)22-36(38)28-62-45(61)49-44(60)42-35(26-47(3,4)25-31-15-16-40(50)56-27-31)13-10-14-37(42)43(59)48(49,63-49)19-17-30(2)21-39(58-46(51)53-6)34-18-20-55-41(24-34)57-29-52-5/h9,12,17,23,31-32,34-42,52,54-57H,7-8,10-11,13-16,18-22,24-29,50H2,1-6H3,(H3,51,53,58). The van der Waals surface area contributed by atoms with Gasteiger partial charge < -0.3 is 47.5 Å². The van der Waals surface area contributed by atoms with Gasteiger partial charge >= 0.3 is 5.97 Å². The fourth-order valence-corrected chi connectivity index (χ4v) is 12.8. The molecule has 0 bridgehead atoms. The number of rotatable bonds is 18. The zero-order chi connectivity index (χ0) is 44.9. The van der Waals surface area contributed by atoms with Gasteiger partial charge in [-0.15, -0.1) is 0 Å². The highest BCUT2D eigenvalue weighted by Gasteiger charge is 2.87. The summed E-state index contributed by atoms with van der Waals surface area (Å²) in [6, 6.07) is 0.0323. The number of nitrogens with one attached hydrogen (secondary N) is 6. The summed E-state index contributed by atoms with van der Waals surface area (Å²) in [5.41, 5.74) is 11.2. The molecule has 0 aromatic heterocycles. The van der Waals surface area contributed by atoms with Crippen LogP contribution in [-0.2, 0) is 23.9 Å². The smallest absolute Gasteiger partial charge is 0.350 e. The third kappa shape index (κ3) is 10.5. The van der Waals surface area contributed by atoms with Crippen molar-refractivity contribution >= 4 is 23.5 Å². The third-order valence-electron chi connectivity index (χ3n) is 16.0. The van der Waals surface area contributed by atoms with Gasteiger partial charge in [-0.05, 0) is 145 Å². The molecule has 3 heterocycles. The molecule has 14 heteroatoms. The van der Waals surface area contributed by atoms with E-state index in [4.69, 9.17) is 20.9 Å². The Hall–Kier alpha value is -2.98. The highest BCUT2D eigenvalue weighted by molar-refractivity contribution is 6.23. The maximum atomic E-state index is 15.4. The van der Waals surface area contributed by atoms with Crippen molar-refractivity contribution in [3.8, 4) is 0 Å². The summed E-state index contributed by atoms with van der Waals surface area (Å²) in [6.45, 7) is 12.2. The maximum absolute atomic E-state index is 15.4. The average Bonchev–Trinajstić information content (AvgIpc) is 3.98. The average molecular weight is 876 g/mol. The molecule has 0 amide bonds. The molecule has 0 radical (unpaired) electrons. The van der Waals surface area contributed by atoms with E-state index >= 15 is 9.59 Å². The molecule has 0 aromatic carbocycles. The van der Waals surface area contributed by atoms with Crippen LogP contribution >= 0.6 is 0 Å². The Labute approximate surface area is 377 Å². The Morgan fingerprint density at radius 1 is 1.08 bits per heavy atom. The van der Waals surface area contributed by atoms with Crippen molar-refractivity contribution in [2.75, 3.05) is 47.0 Å². The summed E-state index contributed by atoms with van der Waals surface area (Å²) in [4.78, 5) is 49.7. The quantitative estimate of drug-likeness (QED) is 0.0187. The molecule has 2 saturated carbocycles. The number of ketones is 2. The highest BCUT2D eigenvalue weighted by Crippen LogP contribution is 2.63. The lowest BCUT2D eigenvalue weighted by atomic mass is 9.55. The lowest BCUT2D eigenvalue weighted by Gasteiger charge is -2.45. The van der Waals surface area contributed by atoms with Crippen LogP contribution in [0.15, 0.2) is 40.4 Å². The van der Waals surface area contributed by atoms with Gasteiger partial charge in [-0.1, -0.05) is 57.1 Å². The molecular weight excluding hydrogens is 795 g/mol. The second-order valence-corrected chi connectivity index (χ2v) is 21.1. The normalized spacial score (nSPS) is 37.6. The summed E-state index contributed by atoms with van der Waals surface area (Å²) in [5.74, 6) is -0.454. The molecule has 13 unspecified atom stereocenters. The number of fused-ring (bicyclic) bond motifs is 3. The third-order valence-corrected chi connectivity index (χ3v) is 16.0. The largest absolute Gasteiger partial charge is 0.463 e. The van der Waals surface area contributed by atoms with E-state index in [0.29, 0.717) is 43.2 Å². The number of epoxide rings is 1. The minimum Gasteiger partial charge on any atom is -0.463 e. The van der Waals surface area contributed by atoms with Gasteiger partial charge in [-0.3, -0.25) is 19.9 Å². The van der Waals surface area contributed by atoms with Gasteiger partial charge in [0.1, 0.15) is 0 Å². The van der Waals surface area contributed by atoms with E-state index in [2.05, 4.69) is 82.8 Å². The molecule has 5 fully saturated rings. The van der Waals surface area contributed by atoms with Gasteiger partial charge in [0.05, 0.1) is 18.9 Å². The molecule has 3 aliphatic heterocycles. The highest BCUT2D eigenvalue weighted by atomic mass is 16.7. The second-order valence-electron chi connectivity index (χ2n) is 21.1. The van der Waals surface area contributed by atoms with Crippen molar-refractivity contribution in [1.29, 1.82) is 0 Å². The van der Waals surface area contributed by atoms with Gasteiger partial charge in [0.15, 0.2) is 23.1 Å². The number of Topliss-reactive ketones (excluding diaryl/α,β-unsaturated/α-hetero) is 2. The van der Waals surface area contributed by atoms with Crippen LogP contribution in [-0.4, -0.2) is 106 Å². The second kappa shape index (κ2) is 20.7. The van der Waals surface area contributed by atoms with E-state index < -0.39 is 29.0 Å². The fraction of sp³-hybridized carbons (Fsp3) is 0.796. The van der Waals surface area contributed by atoms with Crippen molar-refractivity contribution in [3.63, 3.8) is 0 Å². The van der Waals surface area contributed by atoms with E-state index in [-0.39, 0.29) is 66.3 Å². The van der Waals surface area contributed by atoms with E-state index in [9.17, 15) is 4.79 Å². The number of nitrogens with two attached hydrogens (primary N) is 2. The van der Waals surface area contributed by atoms with Crippen LogP contribution in [0, 0.1) is 46.8 Å². The monoisotopic (exact) mass is 876 g/mol. The molecule has 7 rings (SSSR count). The van der Waals surface area contributed by atoms with Crippen molar-refractivity contribution in [3.05, 3.63) is 35.5 Å². The van der Waals surface area contributed by atoms with Crippen LogP contribution in [0.2, 0.25) is 0 Å². The molecule has 3 saturated heterocycles. The number of guanidine groups is 1. The number of ether oxygens (including phenoxy) is 2. The molecule has 7 aliphatic rings. The van der Waals surface area contributed by atoms with Crippen LogP contribution < -0.4 is 43.4 Å². The molecule has 63 heavy (non-hydrogen) atoms. The first-order valence-electron chi connectivity index (χ1n) is 24.6. The molecular formula is C49H81N9O5. The summed E-state index contributed by atoms with van der Waals surface area (Å²) >= 11 is 0. The van der Waals surface area contributed by atoms with Crippen LogP contribution in [0.1, 0.15) is 118 Å². The van der Waals surface area contributed by atoms with Gasteiger partial charge in [-0.25, -0.2) is 4.79 Å². The number of esters is 1. The minimum atomic E-state index is -1.94. The lowest BCUT2D eigenvalue weighted by molar-refractivity contribution is -0.161. The Kier molecular flexibility index (Phi) is 15.7. The number of hydrogen-bond donors (Lipinski definition) is 8. The Morgan fingerprint density at radius 2 is 1.90 bits per heavy atom. The molecule has 0 spiro atoms. The van der Waals surface area contributed by atoms with Crippen molar-refractivity contribution in [2.45, 2.75) is 153 Å².